The highest BCUT2D eigenvalue weighted by molar-refractivity contribution is 5.77. The number of hydrogen-bond acceptors (Lipinski definition) is 4. The molecule has 32 heavy (non-hydrogen) atoms. The van der Waals surface area contributed by atoms with E-state index in [1.165, 1.54) is 6.20 Å². The van der Waals surface area contributed by atoms with E-state index in [0.717, 1.165) is 12.5 Å². The average Bonchev–Trinajstić information content (AvgIpc) is 2.76. The van der Waals surface area contributed by atoms with Gasteiger partial charge in [-0.2, -0.15) is 0 Å². The Morgan fingerprint density at radius 3 is 2.00 bits per heavy atom. The minimum Gasteiger partial charge on any atom is -0.405 e. The minimum atomic E-state index is -1.25. The van der Waals surface area contributed by atoms with Gasteiger partial charge in [0.2, 0.25) is 5.91 Å². The molecule has 0 aliphatic carbocycles. The lowest BCUT2D eigenvalue weighted by Crippen LogP contribution is -2.44. The second kappa shape index (κ2) is 20.4. The smallest absolute Gasteiger partial charge is 0.224 e. The van der Waals surface area contributed by atoms with Crippen molar-refractivity contribution in [3.05, 3.63) is 59.7 Å². The molecule has 8 heteroatoms. The fourth-order valence-electron chi connectivity index (χ4n) is 2.67. The molecule has 0 fully saturated rings. The molecule has 0 saturated carbocycles. The maximum Gasteiger partial charge on any atom is 0.224 e. The number of amides is 1. The minimum absolute atomic E-state index is 0.0456. The van der Waals surface area contributed by atoms with Crippen LogP contribution in [0.25, 0.3) is 0 Å². The summed E-state index contributed by atoms with van der Waals surface area (Å²) in [5, 5.41) is 0. The number of benzene rings is 1. The number of carbonyl (C=O) groups is 1. The molecule has 1 aromatic rings. The van der Waals surface area contributed by atoms with Gasteiger partial charge in [-0.3, -0.25) is 4.79 Å². The molecular formula is C24H43F3N4O. The van der Waals surface area contributed by atoms with Crippen LogP contribution in [0.4, 0.5) is 13.2 Å². The summed E-state index contributed by atoms with van der Waals surface area (Å²) in [7, 11) is 0. The molecule has 0 heterocycles. The van der Waals surface area contributed by atoms with E-state index < -0.39 is 23.5 Å². The number of hydrogen-bond donors (Lipinski definition) is 3. The molecule has 0 radical (unpaired) electrons. The van der Waals surface area contributed by atoms with E-state index in [-0.39, 0.29) is 30.4 Å². The van der Waals surface area contributed by atoms with Crippen LogP contribution >= 0.6 is 0 Å². The largest absolute Gasteiger partial charge is 0.405 e. The lowest BCUT2D eigenvalue weighted by Gasteiger charge is -2.29. The standard InChI is InChI=1S/C18H26F3N3O.C2H5N.2C2H6/c1-4-6-17(23)11(3)24(5-2)18(25)9-13(22)7-12-8-15(20)16(21)10-14(12)19;1-2-3;2*1-2/h6,8,10-11,13H,4-5,7,9,22-23H2,1-3H3;2H,1,3H2;2*1-2H3/b17-6-;;;/t11?,13-;;;/m1.../s1. The highest BCUT2D eigenvalue weighted by Gasteiger charge is 2.23. The molecule has 0 spiro atoms. The van der Waals surface area contributed by atoms with Crippen LogP contribution in [0.15, 0.2) is 36.7 Å². The Labute approximate surface area is 192 Å². The molecule has 186 valence electrons. The molecule has 1 aromatic carbocycles. The summed E-state index contributed by atoms with van der Waals surface area (Å²) in [6, 6.07) is 0.265. The van der Waals surface area contributed by atoms with Crippen LogP contribution in [-0.2, 0) is 11.2 Å². The first-order valence-electron chi connectivity index (χ1n) is 11.1. The summed E-state index contributed by atoms with van der Waals surface area (Å²) in [6.07, 6.45) is 3.74. The second-order valence-corrected chi connectivity index (χ2v) is 6.23. The van der Waals surface area contributed by atoms with Crippen LogP contribution in [0.2, 0.25) is 0 Å². The molecule has 5 nitrogen and oxygen atoms in total. The van der Waals surface area contributed by atoms with Gasteiger partial charge in [-0.05, 0) is 44.5 Å². The fraction of sp³-hybridized carbons (Fsp3) is 0.542. The lowest BCUT2D eigenvalue weighted by molar-refractivity contribution is -0.132. The quantitative estimate of drug-likeness (QED) is 0.476. The topological polar surface area (TPSA) is 98.4 Å². The molecule has 6 N–H and O–H groups in total. The number of allylic oxidation sites excluding steroid dienone is 1. The van der Waals surface area contributed by atoms with Crippen molar-refractivity contribution in [3.8, 4) is 0 Å². The third-order valence-corrected chi connectivity index (χ3v) is 4.06. The Balaban J connectivity index is -0.00000108. The number of rotatable bonds is 8. The predicted octanol–water partition coefficient (Wildman–Crippen LogP) is 4.99. The van der Waals surface area contributed by atoms with Gasteiger partial charge in [-0.25, -0.2) is 13.2 Å². The average molecular weight is 461 g/mol. The van der Waals surface area contributed by atoms with Gasteiger partial charge >= 0.3 is 0 Å². The van der Waals surface area contributed by atoms with Crippen LogP contribution in [0.5, 0.6) is 0 Å². The van der Waals surface area contributed by atoms with Crippen LogP contribution in [-0.4, -0.2) is 29.4 Å². The predicted molar refractivity (Wildman–Crippen MR) is 129 cm³/mol. The number of nitrogens with two attached hydrogens (primary N) is 3. The van der Waals surface area contributed by atoms with Crippen LogP contribution in [0, 0.1) is 17.5 Å². The summed E-state index contributed by atoms with van der Waals surface area (Å²) < 4.78 is 39.9. The molecule has 1 rings (SSSR count). The summed E-state index contributed by atoms with van der Waals surface area (Å²) >= 11 is 0. The Morgan fingerprint density at radius 1 is 1.09 bits per heavy atom. The van der Waals surface area contributed by atoms with E-state index in [9.17, 15) is 18.0 Å². The van der Waals surface area contributed by atoms with E-state index in [1.54, 1.807) is 4.90 Å². The van der Waals surface area contributed by atoms with Gasteiger partial charge in [0.25, 0.3) is 0 Å². The zero-order chi connectivity index (χ0) is 25.9. The molecule has 1 unspecified atom stereocenters. The lowest BCUT2D eigenvalue weighted by atomic mass is 10.0. The van der Waals surface area contributed by atoms with Crippen molar-refractivity contribution in [2.75, 3.05) is 6.54 Å². The van der Waals surface area contributed by atoms with Gasteiger partial charge in [0.1, 0.15) is 5.82 Å². The van der Waals surface area contributed by atoms with Crippen molar-refractivity contribution in [2.24, 2.45) is 17.2 Å². The maximum absolute atomic E-state index is 13.7. The second-order valence-electron chi connectivity index (χ2n) is 6.23. The van der Waals surface area contributed by atoms with Crippen molar-refractivity contribution in [3.63, 3.8) is 0 Å². The summed E-state index contributed by atoms with van der Waals surface area (Å²) in [5.41, 5.74) is 17.0. The first-order chi connectivity index (χ1) is 15.1. The van der Waals surface area contributed by atoms with Gasteiger partial charge in [0, 0.05) is 30.8 Å². The Hall–Kier alpha value is -2.48. The molecule has 0 aliphatic heterocycles. The summed E-state index contributed by atoms with van der Waals surface area (Å²) in [4.78, 5) is 14.1. The SMILES string of the molecule is C=CN.CC.CC.CC/C=C(\N)C(C)N(CC)C(=O)C[C@H](N)Cc1cc(F)c(F)cc1F. The van der Waals surface area contributed by atoms with Crippen LogP contribution in [0.1, 0.15) is 66.9 Å². The van der Waals surface area contributed by atoms with E-state index in [1.807, 2.05) is 54.5 Å². The normalized spacial score (nSPS) is 11.9. The Bertz CT molecular complexity index is 681. The van der Waals surface area contributed by atoms with Crippen molar-refractivity contribution in [1.82, 2.24) is 4.90 Å². The van der Waals surface area contributed by atoms with Crippen molar-refractivity contribution in [2.45, 2.75) is 79.8 Å². The monoisotopic (exact) mass is 460 g/mol. The van der Waals surface area contributed by atoms with Crippen molar-refractivity contribution < 1.29 is 18.0 Å². The fourth-order valence-corrected chi connectivity index (χ4v) is 2.67. The van der Waals surface area contributed by atoms with E-state index in [0.29, 0.717) is 18.3 Å². The highest BCUT2D eigenvalue weighted by Crippen LogP contribution is 2.17. The van der Waals surface area contributed by atoms with Crippen LogP contribution < -0.4 is 17.2 Å². The maximum atomic E-state index is 13.7. The molecule has 2 atom stereocenters. The number of likely N-dealkylation sites (N-methyl/N-ethyl adjacent to an activating group) is 1. The van der Waals surface area contributed by atoms with Crippen molar-refractivity contribution >= 4 is 5.91 Å². The number of nitrogens with zero attached hydrogens (tertiary/aromatic N) is 1. The van der Waals surface area contributed by atoms with Gasteiger partial charge < -0.3 is 22.1 Å². The highest BCUT2D eigenvalue weighted by atomic mass is 19.2. The van der Waals surface area contributed by atoms with Crippen molar-refractivity contribution in [1.29, 1.82) is 0 Å². The Kier molecular flexibility index (Phi) is 21.8. The molecular weight excluding hydrogens is 417 g/mol. The zero-order valence-corrected chi connectivity index (χ0v) is 20.7. The Morgan fingerprint density at radius 2 is 1.56 bits per heavy atom. The zero-order valence-electron chi connectivity index (χ0n) is 20.7. The van der Waals surface area contributed by atoms with E-state index in [4.69, 9.17) is 11.5 Å². The first-order valence-corrected chi connectivity index (χ1v) is 11.1. The number of halogens is 3. The molecule has 0 saturated heterocycles. The molecule has 0 bridgehead atoms. The molecule has 0 aromatic heterocycles. The van der Waals surface area contributed by atoms with E-state index >= 15 is 0 Å². The molecule has 1 amide bonds. The molecule has 0 aliphatic rings. The summed E-state index contributed by atoms with van der Waals surface area (Å²) in [6.45, 7) is 17.2. The first kappa shape index (κ1) is 34.1. The van der Waals surface area contributed by atoms with Gasteiger partial charge in [0.15, 0.2) is 11.6 Å². The van der Waals surface area contributed by atoms with Gasteiger partial charge in [-0.15, -0.1) is 0 Å². The van der Waals surface area contributed by atoms with Crippen LogP contribution in [0.3, 0.4) is 0 Å². The number of carbonyl (C=O) groups excluding carboxylic acids is 1. The summed E-state index contributed by atoms with van der Waals surface area (Å²) in [5.74, 6) is -3.50. The third-order valence-electron chi connectivity index (χ3n) is 4.06. The van der Waals surface area contributed by atoms with E-state index in [2.05, 4.69) is 12.3 Å². The van der Waals surface area contributed by atoms with Gasteiger partial charge in [-0.1, -0.05) is 47.3 Å². The third kappa shape index (κ3) is 13.0. The van der Waals surface area contributed by atoms with Gasteiger partial charge in [0.05, 0.1) is 6.04 Å².